The highest BCUT2D eigenvalue weighted by Crippen LogP contribution is 2.16. The van der Waals surface area contributed by atoms with Crippen molar-refractivity contribution in [3.8, 4) is 0 Å². The Hall–Kier alpha value is -3.19. The van der Waals surface area contributed by atoms with Crippen molar-refractivity contribution in [2.45, 2.75) is 26.3 Å². The number of hydrogen-bond acceptors (Lipinski definition) is 6. The van der Waals surface area contributed by atoms with E-state index in [1.54, 1.807) is 24.4 Å². The van der Waals surface area contributed by atoms with E-state index in [2.05, 4.69) is 20.9 Å². The lowest BCUT2D eigenvalue weighted by Crippen LogP contribution is -2.06. The summed E-state index contributed by atoms with van der Waals surface area (Å²) in [5, 5.41) is 12.0. The molecule has 0 saturated heterocycles. The van der Waals surface area contributed by atoms with E-state index < -0.39 is 0 Å². The van der Waals surface area contributed by atoms with Gasteiger partial charge in [-0.1, -0.05) is 0 Å². The largest absolute Gasteiger partial charge is 0.399 e. The quantitative estimate of drug-likeness (QED) is 0.316. The Kier molecular flexibility index (Phi) is 8.17. The van der Waals surface area contributed by atoms with Crippen molar-refractivity contribution >= 4 is 22.7 Å². The number of imidazole rings is 1. The van der Waals surface area contributed by atoms with Crippen LogP contribution in [0.4, 0.5) is 22.7 Å². The second kappa shape index (κ2) is 10.8. The van der Waals surface area contributed by atoms with Gasteiger partial charge in [0.25, 0.3) is 0 Å². The van der Waals surface area contributed by atoms with Gasteiger partial charge in [0.2, 0.25) is 0 Å². The molecule has 7 nitrogen and oxygen atoms in total. The monoisotopic (exact) mass is 382 g/mol. The topological polar surface area (TPSA) is 128 Å². The zero-order valence-electron chi connectivity index (χ0n) is 16.3. The minimum Gasteiger partial charge on any atom is -0.399 e. The van der Waals surface area contributed by atoms with Gasteiger partial charge < -0.3 is 32.2 Å². The molecule has 0 saturated carbocycles. The smallest absolute Gasteiger partial charge is 0.0945 e. The van der Waals surface area contributed by atoms with Crippen LogP contribution in [0.2, 0.25) is 0 Å². The Morgan fingerprint density at radius 3 is 2.54 bits per heavy atom. The third-order valence-corrected chi connectivity index (χ3v) is 4.30. The zero-order chi connectivity index (χ0) is 20.4. The van der Waals surface area contributed by atoms with E-state index in [1.807, 2.05) is 31.6 Å². The van der Waals surface area contributed by atoms with Gasteiger partial charge in [-0.25, -0.2) is 4.98 Å². The molecule has 2 aromatic carbocycles. The highest BCUT2D eigenvalue weighted by molar-refractivity contribution is 5.56. The minimum absolute atomic E-state index is 0.105. The molecule has 8 N–H and O–H groups in total. The molecule has 3 aromatic rings. The van der Waals surface area contributed by atoms with Gasteiger partial charge in [0.05, 0.1) is 6.33 Å². The summed E-state index contributed by atoms with van der Waals surface area (Å²) in [6, 6.07) is 11.3. The van der Waals surface area contributed by atoms with E-state index in [0.717, 1.165) is 42.0 Å². The molecule has 0 aliphatic heterocycles. The van der Waals surface area contributed by atoms with Gasteiger partial charge >= 0.3 is 0 Å². The van der Waals surface area contributed by atoms with Crippen LogP contribution in [0.5, 0.6) is 0 Å². The maximum absolute atomic E-state index is 8.64. The number of nitrogens with zero attached hydrogens (tertiary/aromatic N) is 2. The number of nitrogens with two attached hydrogens (primary N) is 3. The molecule has 0 atom stereocenters. The summed E-state index contributed by atoms with van der Waals surface area (Å²) >= 11 is 0. The Labute approximate surface area is 166 Å². The van der Waals surface area contributed by atoms with E-state index in [-0.39, 0.29) is 6.61 Å². The maximum atomic E-state index is 8.64. The number of nitrogen functional groups attached to an aromatic ring is 3. The fourth-order valence-electron chi connectivity index (χ4n) is 2.66. The van der Waals surface area contributed by atoms with Crippen LogP contribution >= 0.6 is 0 Å². The van der Waals surface area contributed by atoms with Crippen LogP contribution in [0.25, 0.3) is 0 Å². The predicted molar refractivity (Wildman–Crippen MR) is 117 cm³/mol. The lowest BCUT2D eigenvalue weighted by atomic mass is 10.1. The molecule has 1 heterocycles. The van der Waals surface area contributed by atoms with Crippen molar-refractivity contribution in [3.05, 3.63) is 66.2 Å². The summed E-state index contributed by atoms with van der Waals surface area (Å²) < 4.78 is 2.08. The third kappa shape index (κ3) is 6.85. The highest BCUT2D eigenvalue weighted by Gasteiger charge is 1.98. The van der Waals surface area contributed by atoms with Gasteiger partial charge in [-0.2, -0.15) is 0 Å². The second-order valence-corrected chi connectivity index (χ2v) is 6.58. The van der Waals surface area contributed by atoms with Crippen LogP contribution in [-0.4, -0.2) is 27.8 Å². The number of nitrogens with one attached hydrogen (secondary N) is 1. The first-order valence-corrected chi connectivity index (χ1v) is 9.30. The molecule has 0 amide bonds. The number of aliphatic hydroxyl groups is 1. The average molecular weight is 383 g/mol. The number of benzene rings is 2. The number of aryl methyl sites for hydroxylation is 2. The summed E-state index contributed by atoms with van der Waals surface area (Å²) in [6.45, 7) is 4.06. The molecule has 7 heteroatoms. The van der Waals surface area contributed by atoms with Crippen LogP contribution in [0.15, 0.2) is 55.1 Å². The fraction of sp³-hybridized carbons (Fsp3) is 0.286. The van der Waals surface area contributed by atoms with E-state index in [0.29, 0.717) is 17.8 Å². The van der Waals surface area contributed by atoms with Crippen molar-refractivity contribution in [2.75, 3.05) is 35.7 Å². The standard InChI is InChI=1S/C13H18N4.C8H12N2O/c1-11-9-12(3-4-13(11)14)16-5-2-7-17-8-6-15-10-17;9-7-1-2-8(10)6(5-7)3-4-11/h3-4,6,8-10,16H,2,5,7,14H2,1H3;1-2,5,11H,3-4,9-10H2. The Balaban J connectivity index is 0.000000221. The highest BCUT2D eigenvalue weighted by atomic mass is 16.2. The molecule has 0 spiro atoms. The van der Waals surface area contributed by atoms with Crippen LogP contribution in [-0.2, 0) is 13.0 Å². The molecular weight excluding hydrogens is 352 g/mol. The average Bonchev–Trinajstić information content (AvgIpc) is 3.19. The first-order chi connectivity index (χ1) is 13.5. The molecule has 0 radical (unpaired) electrons. The number of rotatable bonds is 7. The lowest BCUT2D eigenvalue weighted by Gasteiger charge is -2.08. The minimum atomic E-state index is 0.105. The second-order valence-electron chi connectivity index (χ2n) is 6.58. The lowest BCUT2D eigenvalue weighted by molar-refractivity contribution is 0.300. The van der Waals surface area contributed by atoms with Gasteiger partial charge in [-0.05, 0) is 67.3 Å². The molecule has 0 aliphatic carbocycles. The molecular formula is C21H30N6O. The number of aromatic nitrogens is 2. The summed E-state index contributed by atoms with van der Waals surface area (Å²) in [5.74, 6) is 0. The van der Waals surface area contributed by atoms with Crippen LogP contribution in [0.1, 0.15) is 17.5 Å². The Morgan fingerprint density at radius 1 is 1.07 bits per heavy atom. The summed E-state index contributed by atoms with van der Waals surface area (Å²) in [7, 11) is 0. The molecule has 0 aliphatic rings. The van der Waals surface area contributed by atoms with Gasteiger partial charge in [0, 0.05) is 54.8 Å². The van der Waals surface area contributed by atoms with Crippen molar-refractivity contribution in [3.63, 3.8) is 0 Å². The number of aliphatic hydroxyl groups excluding tert-OH is 1. The van der Waals surface area contributed by atoms with Crippen molar-refractivity contribution < 1.29 is 5.11 Å². The van der Waals surface area contributed by atoms with Crippen molar-refractivity contribution in [1.82, 2.24) is 9.55 Å². The Morgan fingerprint density at radius 2 is 1.86 bits per heavy atom. The predicted octanol–water partition coefficient (Wildman–Crippen LogP) is 2.66. The first kappa shape index (κ1) is 21.1. The molecule has 3 rings (SSSR count). The van der Waals surface area contributed by atoms with Crippen LogP contribution in [0.3, 0.4) is 0 Å². The van der Waals surface area contributed by atoms with Crippen molar-refractivity contribution in [1.29, 1.82) is 0 Å². The summed E-state index contributed by atoms with van der Waals surface area (Å²) in [6.07, 6.45) is 7.26. The molecule has 1 aromatic heterocycles. The number of hydrogen-bond donors (Lipinski definition) is 5. The van der Waals surface area contributed by atoms with Crippen molar-refractivity contribution in [2.24, 2.45) is 0 Å². The SMILES string of the molecule is Cc1cc(NCCCn2ccnc2)ccc1N.Nc1ccc(N)c(CCO)c1. The summed E-state index contributed by atoms with van der Waals surface area (Å²) in [4.78, 5) is 4.01. The number of anilines is 4. The first-order valence-electron chi connectivity index (χ1n) is 9.30. The van der Waals surface area contributed by atoms with E-state index in [1.165, 1.54) is 0 Å². The van der Waals surface area contributed by atoms with E-state index >= 15 is 0 Å². The molecule has 150 valence electrons. The zero-order valence-corrected chi connectivity index (χ0v) is 16.3. The Bertz CT molecular complexity index is 848. The van der Waals surface area contributed by atoms with Gasteiger partial charge in [0.15, 0.2) is 0 Å². The summed E-state index contributed by atoms with van der Waals surface area (Å²) in [5.41, 5.74) is 22.3. The van der Waals surface area contributed by atoms with E-state index in [4.69, 9.17) is 22.3 Å². The normalized spacial score (nSPS) is 10.2. The van der Waals surface area contributed by atoms with Gasteiger partial charge in [0.1, 0.15) is 0 Å². The van der Waals surface area contributed by atoms with Crippen LogP contribution < -0.4 is 22.5 Å². The molecule has 28 heavy (non-hydrogen) atoms. The molecule has 0 fully saturated rings. The van der Waals surface area contributed by atoms with E-state index in [9.17, 15) is 0 Å². The van der Waals surface area contributed by atoms with Gasteiger partial charge in [-0.15, -0.1) is 0 Å². The van der Waals surface area contributed by atoms with Gasteiger partial charge in [-0.3, -0.25) is 0 Å². The third-order valence-electron chi connectivity index (χ3n) is 4.30. The fourth-order valence-corrected chi connectivity index (χ4v) is 2.66. The molecule has 0 unspecified atom stereocenters. The molecule has 0 bridgehead atoms. The maximum Gasteiger partial charge on any atom is 0.0945 e. The van der Waals surface area contributed by atoms with Crippen LogP contribution in [0, 0.1) is 6.92 Å².